The molecule has 31 heavy (non-hydrogen) atoms. The molecule has 1 aliphatic heterocycles. The Labute approximate surface area is 179 Å². The van der Waals surface area contributed by atoms with E-state index < -0.39 is 17.7 Å². The van der Waals surface area contributed by atoms with E-state index in [0.717, 1.165) is 0 Å². The van der Waals surface area contributed by atoms with E-state index in [0.29, 0.717) is 40.0 Å². The van der Waals surface area contributed by atoms with Crippen LogP contribution in [0, 0.1) is 19.8 Å². The molecular formula is C21H25N3O7. The summed E-state index contributed by atoms with van der Waals surface area (Å²) in [5, 5.41) is 0. The number of rotatable bonds is 6. The predicted molar refractivity (Wildman–Crippen MR) is 110 cm³/mol. The van der Waals surface area contributed by atoms with Crippen molar-refractivity contribution in [3.05, 3.63) is 35.3 Å². The van der Waals surface area contributed by atoms with Crippen LogP contribution in [0.1, 0.15) is 28.3 Å². The smallest absolute Gasteiger partial charge is 0.273 e. The van der Waals surface area contributed by atoms with Gasteiger partial charge in [-0.05, 0) is 19.9 Å². The number of furan rings is 1. The summed E-state index contributed by atoms with van der Waals surface area (Å²) in [6, 6.07) is 4.87. The Bertz CT molecular complexity index is 989. The number of amides is 3. The van der Waals surface area contributed by atoms with E-state index in [4.69, 9.17) is 18.6 Å². The van der Waals surface area contributed by atoms with Gasteiger partial charge in [-0.25, -0.2) is 0 Å². The van der Waals surface area contributed by atoms with E-state index in [1.807, 2.05) is 0 Å². The molecule has 1 aliphatic rings. The van der Waals surface area contributed by atoms with Crippen molar-refractivity contribution in [2.24, 2.45) is 5.92 Å². The highest BCUT2D eigenvalue weighted by molar-refractivity contribution is 6.01. The van der Waals surface area contributed by atoms with Crippen molar-refractivity contribution < 1.29 is 33.0 Å². The van der Waals surface area contributed by atoms with Crippen LogP contribution < -0.4 is 30.0 Å². The van der Waals surface area contributed by atoms with Crippen LogP contribution in [0.3, 0.4) is 0 Å². The molecule has 1 aromatic carbocycles. The van der Waals surface area contributed by atoms with Gasteiger partial charge in [0.1, 0.15) is 11.5 Å². The molecule has 10 heteroatoms. The molecule has 1 unspecified atom stereocenters. The van der Waals surface area contributed by atoms with Crippen LogP contribution in [0.25, 0.3) is 0 Å². The fourth-order valence-electron chi connectivity index (χ4n) is 3.50. The summed E-state index contributed by atoms with van der Waals surface area (Å²) in [6.07, 6.45) is 0.00219. The third-order valence-electron chi connectivity index (χ3n) is 5.04. The summed E-state index contributed by atoms with van der Waals surface area (Å²) in [5.41, 5.74) is 5.60. The van der Waals surface area contributed by atoms with Crippen molar-refractivity contribution in [1.82, 2.24) is 10.9 Å². The molecule has 0 saturated carbocycles. The van der Waals surface area contributed by atoms with Crippen molar-refractivity contribution in [1.29, 1.82) is 0 Å². The summed E-state index contributed by atoms with van der Waals surface area (Å²) < 4.78 is 21.3. The second kappa shape index (κ2) is 8.99. The van der Waals surface area contributed by atoms with Crippen LogP contribution in [-0.4, -0.2) is 45.6 Å². The maximum absolute atomic E-state index is 12.6. The van der Waals surface area contributed by atoms with Crippen LogP contribution >= 0.6 is 0 Å². The Morgan fingerprint density at radius 2 is 1.68 bits per heavy atom. The van der Waals surface area contributed by atoms with Gasteiger partial charge < -0.3 is 23.5 Å². The summed E-state index contributed by atoms with van der Waals surface area (Å²) in [7, 11) is 4.45. The summed E-state index contributed by atoms with van der Waals surface area (Å²) >= 11 is 0. The molecule has 0 bridgehead atoms. The minimum atomic E-state index is -0.640. The quantitative estimate of drug-likeness (QED) is 0.669. The Balaban J connectivity index is 1.69. The van der Waals surface area contributed by atoms with Crippen LogP contribution in [0.2, 0.25) is 0 Å². The monoisotopic (exact) mass is 431 g/mol. The molecule has 0 radical (unpaired) electrons. The number of carbonyl (C=O) groups is 3. The van der Waals surface area contributed by atoms with Gasteiger partial charge in [-0.1, -0.05) is 0 Å². The summed E-state index contributed by atoms with van der Waals surface area (Å²) in [4.78, 5) is 38.8. The summed E-state index contributed by atoms with van der Waals surface area (Å²) in [5.74, 6) is 0.419. The van der Waals surface area contributed by atoms with Crippen molar-refractivity contribution >= 4 is 23.4 Å². The zero-order valence-corrected chi connectivity index (χ0v) is 18.0. The number of nitrogens with zero attached hydrogens (tertiary/aromatic N) is 1. The second-order valence-electron chi connectivity index (χ2n) is 7.06. The van der Waals surface area contributed by atoms with Crippen LogP contribution in [0.5, 0.6) is 17.2 Å². The number of carbonyl (C=O) groups excluding carboxylic acids is 3. The molecule has 166 valence electrons. The first-order valence-electron chi connectivity index (χ1n) is 9.56. The Hall–Kier alpha value is -3.69. The number of hydrogen-bond donors (Lipinski definition) is 2. The van der Waals surface area contributed by atoms with Crippen molar-refractivity contribution in [2.45, 2.75) is 20.3 Å². The zero-order valence-electron chi connectivity index (χ0n) is 18.0. The van der Waals surface area contributed by atoms with E-state index in [9.17, 15) is 14.4 Å². The van der Waals surface area contributed by atoms with Gasteiger partial charge >= 0.3 is 0 Å². The van der Waals surface area contributed by atoms with Crippen LogP contribution in [-0.2, 0) is 9.59 Å². The number of ether oxygens (including phenoxy) is 3. The lowest BCUT2D eigenvalue weighted by Gasteiger charge is -2.20. The Morgan fingerprint density at radius 1 is 1.03 bits per heavy atom. The minimum absolute atomic E-state index is 0.00219. The SMILES string of the molecule is COc1cc(N2CC(C(=O)NNC(=O)c3cc(C)oc3C)CC2=O)cc(OC)c1OC. The first-order chi connectivity index (χ1) is 14.8. The number of methoxy groups -OCH3 is 3. The topological polar surface area (TPSA) is 119 Å². The highest BCUT2D eigenvalue weighted by atomic mass is 16.5. The van der Waals surface area contributed by atoms with Crippen molar-refractivity contribution in [3.63, 3.8) is 0 Å². The molecule has 2 heterocycles. The first kappa shape index (κ1) is 22.0. The van der Waals surface area contributed by atoms with Gasteiger partial charge in [0.2, 0.25) is 17.6 Å². The lowest BCUT2D eigenvalue weighted by Crippen LogP contribution is -2.45. The van der Waals surface area contributed by atoms with Crippen molar-refractivity contribution in [3.8, 4) is 17.2 Å². The molecule has 1 aromatic heterocycles. The Kier molecular flexibility index (Phi) is 6.38. The predicted octanol–water partition coefficient (Wildman–Crippen LogP) is 1.74. The number of anilines is 1. The minimum Gasteiger partial charge on any atom is -0.493 e. The number of benzene rings is 1. The van der Waals surface area contributed by atoms with Gasteiger partial charge in [0.05, 0.1) is 38.5 Å². The van der Waals surface area contributed by atoms with Crippen LogP contribution in [0.15, 0.2) is 22.6 Å². The van der Waals surface area contributed by atoms with Gasteiger partial charge in [0.15, 0.2) is 11.5 Å². The third-order valence-corrected chi connectivity index (χ3v) is 5.04. The molecule has 2 N–H and O–H groups in total. The second-order valence-corrected chi connectivity index (χ2v) is 7.06. The van der Waals surface area contributed by atoms with Crippen LogP contribution in [0.4, 0.5) is 5.69 Å². The Morgan fingerprint density at radius 3 is 2.19 bits per heavy atom. The van der Waals surface area contributed by atoms with Gasteiger partial charge in [-0.3, -0.25) is 25.2 Å². The maximum Gasteiger partial charge on any atom is 0.273 e. The van der Waals surface area contributed by atoms with Gasteiger partial charge in [0.25, 0.3) is 5.91 Å². The summed E-state index contributed by atoms with van der Waals surface area (Å²) in [6.45, 7) is 3.53. The average Bonchev–Trinajstić information content (AvgIpc) is 3.31. The lowest BCUT2D eigenvalue weighted by atomic mass is 10.1. The fourth-order valence-corrected chi connectivity index (χ4v) is 3.50. The van der Waals surface area contributed by atoms with Crippen molar-refractivity contribution in [2.75, 3.05) is 32.8 Å². The number of hydrogen-bond acceptors (Lipinski definition) is 7. The largest absolute Gasteiger partial charge is 0.493 e. The molecule has 3 rings (SSSR count). The van der Waals surface area contributed by atoms with E-state index >= 15 is 0 Å². The average molecular weight is 431 g/mol. The molecular weight excluding hydrogens is 406 g/mol. The van der Waals surface area contributed by atoms with Gasteiger partial charge in [-0.2, -0.15) is 0 Å². The zero-order chi connectivity index (χ0) is 22.7. The van der Waals surface area contributed by atoms with E-state index in [1.54, 1.807) is 32.0 Å². The molecule has 1 saturated heterocycles. The first-order valence-corrected chi connectivity index (χ1v) is 9.56. The molecule has 0 aliphatic carbocycles. The van der Waals surface area contributed by atoms with E-state index in [2.05, 4.69) is 10.9 Å². The van der Waals surface area contributed by atoms with E-state index in [-0.39, 0.29) is 18.9 Å². The van der Waals surface area contributed by atoms with Gasteiger partial charge in [-0.15, -0.1) is 0 Å². The molecule has 2 aromatic rings. The highest BCUT2D eigenvalue weighted by Crippen LogP contribution is 2.42. The molecule has 1 fully saturated rings. The van der Waals surface area contributed by atoms with Gasteiger partial charge in [0, 0.05) is 25.1 Å². The standard InChI is InChI=1S/C21H25N3O7/c1-11-6-15(12(2)31-11)21(27)23-22-20(26)13-7-18(25)24(10-13)14-8-16(28-3)19(30-5)17(9-14)29-4/h6,8-9,13H,7,10H2,1-5H3,(H,22,26)(H,23,27). The highest BCUT2D eigenvalue weighted by Gasteiger charge is 2.36. The number of nitrogens with one attached hydrogen (secondary N) is 2. The maximum atomic E-state index is 12.6. The third kappa shape index (κ3) is 4.42. The molecule has 3 amide bonds. The fraction of sp³-hybridized carbons (Fsp3) is 0.381. The number of aryl methyl sites for hydroxylation is 2. The molecule has 1 atom stereocenters. The molecule has 10 nitrogen and oxygen atoms in total. The van der Waals surface area contributed by atoms with E-state index in [1.165, 1.54) is 26.2 Å². The normalized spacial score (nSPS) is 15.6. The molecule has 0 spiro atoms. The lowest BCUT2D eigenvalue weighted by molar-refractivity contribution is -0.126. The number of hydrazine groups is 1.